The molecule has 0 spiro atoms. The fourth-order valence-corrected chi connectivity index (χ4v) is 0.655. The molecule has 0 aliphatic carbocycles. The van der Waals surface area contributed by atoms with Crippen LogP contribution in [0.1, 0.15) is 33.1 Å². The molecule has 0 heterocycles. The van der Waals surface area contributed by atoms with Crippen molar-refractivity contribution >= 4 is 0 Å². The van der Waals surface area contributed by atoms with Crippen molar-refractivity contribution in [2.24, 2.45) is 5.92 Å². The Morgan fingerprint density at radius 1 is 1.56 bits per heavy atom. The molecule has 0 aliphatic rings. The van der Waals surface area contributed by atoms with Crippen LogP contribution in [0.2, 0.25) is 0 Å². The second kappa shape index (κ2) is 4.60. The first-order valence-electron chi connectivity index (χ1n) is 3.66. The monoisotopic (exact) mass is 125 g/mol. The highest BCUT2D eigenvalue weighted by Crippen LogP contribution is 2.12. The summed E-state index contributed by atoms with van der Waals surface area (Å²) in [6.07, 6.45) is 3.61. The average Bonchev–Trinajstić information content (AvgIpc) is 1.83. The van der Waals surface area contributed by atoms with Crippen molar-refractivity contribution in [3.8, 4) is 0 Å². The molecule has 0 aliphatic heterocycles. The molecule has 0 fully saturated rings. The molecule has 0 aromatic carbocycles. The molecule has 0 aromatic heterocycles. The minimum Gasteiger partial charge on any atom is -0.0999 e. The topological polar surface area (TPSA) is 0 Å². The molecule has 0 saturated heterocycles. The zero-order chi connectivity index (χ0) is 7.28. The van der Waals surface area contributed by atoms with E-state index in [0.29, 0.717) is 0 Å². The van der Waals surface area contributed by atoms with Gasteiger partial charge in [0, 0.05) is 0 Å². The van der Waals surface area contributed by atoms with E-state index in [1.807, 2.05) is 0 Å². The molecular weight excluding hydrogens is 108 g/mol. The third-order valence-corrected chi connectivity index (χ3v) is 1.69. The summed E-state index contributed by atoms with van der Waals surface area (Å²) in [6, 6.07) is 0. The van der Waals surface area contributed by atoms with Crippen molar-refractivity contribution in [3.05, 3.63) is 19.1 Å². The molecule has 53 valence electrons. The third-order valence-electron chi connectivity index (χ3n) is 1.69. The Morgan fingerprint density at radius 2 is 2.11 bits per heavy atom. The predicted molar refractivity (Wildman–Crippen MR) is 43.2 cm³/mol. The van der Waals surface area contributed by atoms with Crippen LogP contribution in [0.4, 0.5) is 0 Å². The fraction of sp³-hybridized carbons (Fsp3) is 0.667. The number of allylic oxidation sites excluding steroid dienone is 1. The van der Waals surface area contributed by atoms with Gasteiger partial charge in [-0.1, -0.05) is 32.4 Å². The van der Waals surface area contributed by atoms with Gasteiger partial charge in [-0.3, -0.25) is 0 Å². The third kappa shape index (κ3) is 5.61. The molecular formula is C9H17. The number of hydrogen-bond acceptors (Lipinski definition) is 0. The molecule has 0 heteroatoms. The Hall–Kier alpha value is -0.260. The first-order chi connectivity index (χ1) is 4.16. The van der Waals surface area contributed by atoms with Crippen LogP contribution in [-0.2, 0) is 0 Å². The van der Waals surface area contributed by atoms with Gasteiger partial charge < -0.3 is 0 Å². The zero-order valence-electron chi connectivity index (χ0n) is 6.61. The smallest absolute Gasteiger partial charge is 0.0286 e. The van der Waals surface area contributed by atoms with Gasteiger partial charge >= 0.3 is 0 Å². The maximum absolute atomic E-state index is 3.75. The molecule has 1 atom stereocenters. The van der Waals surface area contributed by atoms with Gasteiger partial charge in [0.05, 0.1) is 0 Å². The maximum atomic E-state index is 3.75. The first-order valence-corrected chi connectivity index (χ1v) is 3.66. The van der Waals surface area contributed by atoms with Gasteiger partial charge in [0.2, 0.25) is 0 Å². The largest absolute Gasteiger partial charge is 0.0999 e. The molecule has 0 amide bonds. The van der Waals surface area contributed by atoms with E-state index in [1.165, 1.54) is 12.8 Å². The summed E-state index contributed by atoms with van der Waals surface area (Å²) in [4.78, 5) is 0. The normalized spacial score (nSPS) is 13.2. The molecule has 0 bridgehead atoms. The summed E-state index contributed by atoms with van der Waals surface area (Å²) >= 11 is 0. The van der Waals surface area contributed by atoms with Crippen LogP contribution >= 0.6 is 0 Å². The van der Waals surface area contributed by atoms with E-state index in [9.17, 15) is 0 Å². The zero-order valence-corrected chi connectivity index (χ0v) is 6.61. The minimum atomic E-state index is 0.837. The summed E-state index contributed by atoms with van der Waals surface area (Å²) in [5, 5.41) is 0. The number of rotatable bonds is 4. The molecule has 0 aromatic rings. The minimum absolute atomic E-state index is 0.837. The lowest BCUT2D eigenvalue weighted by atomic mass is 10.0. The Labute approximate surface area is 59.0 Å². The summed E-state index contributed by atoms with van der Waals surface area (Å²) in [6.45, 7) is 12.0. The van der Waals surface area contributed by atoms with Crippen LogP contribution in [0.15, 0.2) is 12.2 Å². The lowest BCUT2D eigenvalue weighted by Crippen LogP contribution is -1.91. The van der Waals surface area contributed by atoms with Crippen LogP contribution < -0.4 is 0 Å². The van der Waals surface area contributed by atoms with Crippen LogP contribution in [0.25, 0.3) is 0 Å². The summed E-state index contributed by atoms with van der Waals surface area (Å²) in [5.74, 6) is 0.837. The van der Waals surface area contributed by atoms with Crippen molar-refractivity contribution in [2.45, 2.75) is 33.1 Å². The van der Waals surface area contributed by atoms with E-state index in [0.717, 1.165) is 17.9 Å². The van der Waals surface area contributed by atoms with E-state index < -0.39 is 0 Å². The van der Waals surface area contributed by atoms with Crippen molar-refractivity contribution in [1.29, 1.82) is 0 Å². The van der Waals surface area contributed by atoms with Gasteiger partial charge in [-0.25, -0.2) is 0 Å². The molecule has 0 nitrogen and oxygen atoms in total. The van der Waals surface area contributed by atoms with E-state index in [4.69, 9.17) is 0 Å². The van der Waals surface area contributed by atoms with Gasteiger partial charge in [0.15, 0.2) is 0 Å². The molecule has 1 unspecified atom stereocenters. The highest BCUT2D eigenvalue weighted by atomic mass is 14.0. The van der Waals surface area contributed by atoms with E-state index in [1.54, 1.807) is 0 Å². The van der Waals surface area contributed by atoms with Crippen molar-refractivity contribution in [3.63, 3.8) is 0 Å². The highest BCUT2D eigenvalue weighted by molar-refractivity contribution is 4.96. The van der Waals surface area contributed by atoms with Gasteiger partial charge in [0.25, 0.3) is 0 Å². The van der Waals surface area contributed by atoms with Crippen molar-refractivity contribution < 1.29 is 0 Å². The molecule has 9 heavy (non-hydrogen) atoms. The van der Waals surface area contributed by atoms with Gasteiger partial charge in [-0.05, 0) is 25.7 Å². The SMILES string of the molecule is [CH2]C(=C)CCC(C)CC. The number of hydrogen-bond donors (Lipinski definition) is 0. The second-order valence-corrected chi connectivity index (χ2v) is 2.80. The summed E-state index contributed by atoms with van der Waals surface area (Å²) < 4.78 is 0. The predicted octanol–water partition coefficient (Wildman–Crippen LogP) is 3.20. The summed E-state index contributed by atoms with van der Waals surface area (Å²) in [5.41, 5.74) is 1.07. The lowest BCUT2D eigenvalue weighted by Gasteiger charge is -2.06. The average molecular weight is 125 g/mol. The van der Waals surface area contributed by atoms with E-state index in [2.05, 4.69) is 27.4 Å². The fourth-order valence-electron chi connectivity index (χ4n) is 0.655. The van der Waals surface area contributed by atoms with Crippen molar-refractivity contribution in [2.75, 3.05) is 0 Å². The van der Waals surface area contributed by atoms with Gasteiger partial charge in [-0.2, -0.15) is 0 Å². The Balaban J connectivity index is 3.16. The van der Waals surface area contributed by atoms with Gasteiger partial charge in [0.1, 0.15) is 0 Å². The van der Waals surface area contributed by atoms with Crippen LogP contribution in [0.5, 0.6) is 0 Å². The molecule has 1 radical (unpaired) electrons. The van der Waals surface area contributed by atoms with Crippen molar-refractivity contribution in [1.82, 2.24) is 0 Å². The van der Waals surface area contributed by atoms with Crippen LogP contribution in [0, 0.1) is 12.8 Å². The lowest BCUT2D eigenvalue weighted by molar-refractivity contribution is 0.518. The quantitative estimate of drug-likeness (QED) is 0.541. The Morgan fingerprint density at radius 3 is 2.44 bits per heavy atom. The van der Waals surface area contributed by atoms with Crippen LogP contribution in [0.3, 0.4) is 0 Å². The van der Waals surface area contributed by atoms with E-state index >= 15 is 0 Å². The first kappa shape index (κ1) is 8.74. The molecule has 0 saturated carbocycles. The van der Waals surface area contributed by atoms with E-state index in [-0.39, 0.29) is 0 Å². The Kier molecular flexibility index (Phi) is 4.47. The standard InChI is InChI=1S/C9H17/c1-5-9(4)7-6-8(2)3/h9H,2-3,5-7H2,1,4H3. The molecule has 0 rings (SSSR count). The van der Waals surface area contributed by atoms with Crippen LogP contribution in [-0.4, -0.2) is 0 Å². The molecule has 0 N–H and O–H groups in total. The Bertz CT molecular complexity index is 82.0. The van der Waals surface area contributed by atoms with Gasteiger partial charge in [-0.15, -0.1) is 0 Å². The summed E-state index contributed by atoms with van der Waals surface area (Å²) in [7, 11) is 0. The highest BCUT2D eigenvalue weighted by Gasteiger charge is 1.96. The maximum Gasteiger partial charge on any atom is -0.0286 e. The second-order valence-electron chi connectivity index (χ2n) is 2.80.